The van der Waals surface area contributed by atoms with E-state index < -0.39 is 11.6 Å². The molecule has 3 N–H and O–H groups in total. The summed E-state index contributed by atoms with van der Waals surface area (Å²) in [7, 11) is 0. The Morgan fingerprint density at radius 3 is 2.12 bits per heavy atom. The maximum atomic E-state index is 11.1. The number of carbonyl (C=O) groups is 1. The minimum Gasteiger partial charge on any atom is -0.494 e. The number of carboxylic acids is 1. The molecule has 0 atom stereocenters. The van der Waals surface area contributed by atoms with Crippen LogP contribution in [0, 0.1) is 0 Å². The molecule has 2 aromatic carbocycles. The first-order chi connectivity index (χ1) is 12.4. The van der Waals surface area contributed by atoms with Crippen molar-refractivity contribution in [2.45, 2.75) is 32.3 Å². The van der Waals surface area contributed by atoms with E-state index in [4.69, 9.17) is 20.3 Å². The van der Waals surface area contributed by atoms with Crippen LogP contribution in [-0.4, -0.2) is 29.5 Å². The third kappa shape index (κ3) is 7.27. The standard InChI is InChI=1S/C19H23NO4.CH4S/c1-19(2,18(21)22)24-17-9-5-14(6-10-17)4-3-13-23-16-11-7-15(20)8-12-16;1-2/h5-12H,3-4,13,20H2,1-2H3,(H,21,22);2H,1H3. The highest BCUT2D eigenvalue weighted by Crippen LogP contribution is 2.20. The highest BCUT2D eigenvalue weighted by atomic mass is 32.1. The smallest absolute Gasteiger partial charge is 0.347 e. The van der Waals surface area contributed by atoms with Gasteiger partial charge >= 0.3 is 5.97 Å². The number of carboxylic acid groups (broad SMARTS) is 1. The molecule has 26 heavy (non-hydrogen) atoms. The van der Waals surface area contributed by atoms with Gasteiger partial charge in [0.15, 0.2) is 5.60 Å². The first kappa shape index (κ1) is 21.7. The molecule has 2 aromatic rings. The third-order valence-corrected chi connectivity index (χ3v) is 3.57. The summed E-state index contributed by atoms with van der Waals surface area (Å²) in [6.07, 6.45) is 3.45. The number of rotatable bonds is 8. The van der Waals surface area contributed by atoms with Gasteiger partial charge in [-0.25, -0.2) is 4.79 Å². The number of thiol groups is 1. The van der Waals surface area contributed by atoms with Crippen LogP contribution in [0.2, 0.25) is 0 Å². The van der Waals surface area contributed by atoms with E-state index in [2.05, 4.69) is 12.6 Å². The van der Waals surface area contributed by atoms with Gasteiger partial charge in [-0.2, -0.15) is 12.6 Å². The van der Waals surface area contributed by atoms with Gasteiger partial charge in [-0.1, -0.05) is 12.1 Å². The fraction of sp³-hybridized carbons (Fsp3) is 0.350. The molecule has 2 rings (SSSR count). The first-order valence-corrected chi connectivity index (χ1v) is 9.21. The molecule has 0 heterocycles. The number of aryl methyl sites for hydroxylation is 1. The lowest BCUT2D eigenvalue weighted by Crippen LogP contribution is -2.37. The zero-order chi connectivity index (χ0) is 19.6. The van der Waals surface area contributed by atoms with Gasteiger partial charge in [-0.3, -0.25) is 0 Å². The SMILES string of the molecule is CC(C)(Oc1ccc(CCCOc2ccc(N)cc2)cc1)C(=O)O.CS. The summed E-state index contributed by atoms with van der Waals surface area (Å²) in [6.45, 7) is 3.67. The predicted molar refractivity (Wildman–Crippen MR) is 108 cm³/mol. The molecular formula is C20H27NO4S. The van der Waals surface area contributed by atoms with E-state index in [0.717, 1.165) is 29.8 Å². The van der Waals surface area contributed by atoms with Crippen LogP contribution in [0.1, 0.15) is 25.8 Å². The number of hydrogen-bond acceptors (Lipinski definition) is 5. The second-order valence-corrected chi connectivity index (χ2v) is 6.08. The van der Waals surface area contributed by atoms with Crippen LogP contribution in [0.5, 0.6) is 11.5 Å². The van der Waals surface area contributed by atoms with E-state index >= 15 is 0 Å². The lowest BCUT2D eigenvalue weighted by atomic mass is 10.1. The number of nitrogens with two attached hydrogens (primary N) is 1. The molecule has 0 aliphatic heterocycles. The van der Waals surface area contributed by atoms with Crippen molar-refractivity contribution in [1.82, 2.24) is 0 Å². The Morgan fingerprint density at radius 2 is 1.58 bits per heavy atom. The molecule has 0 bridgehead atoms. The quantitative estimate of drug-likeness (QED) is 0.367. The van der Waals surface area contributed by atoms with Gasteiger partial charge in [0.25, 0.3) is 0 Å². The monoisotopic (exact) mass is 377 g/mol. The van der Waals surface area contributed by atoms with Crippen LogP contribution in [0.3, 0.4) is 0 Å². The summed E-state index contributed by atoms with van der Waals surface area (Å²) >= 11 is 3.53. The van der Waals surface area contributed by atoms with Crippen molar-refractivity contribution in [3.63, 3.8) is 0 Å². The Labute approximate surface area is 160 Å². The van der Waals surface area contributed by atoms with Gasteiger partial charge in [-0.15, -0.1) is 0 Å². The highest BCUT2D eigenvalue weighted by molar-refractivity contribution is 7.79. The van der Waals surface area contributed by atoms with Crippen molar-refractivity contribution in [2.24, 2.45) is 0 Å². The van der Waals surface area contributed by atoms with Crippen molar-refractivity contribution in [3.05, 3.63) is 54.1 Å². The van der Waals surface area contributed by atoms with Gasteiger partial charge in [0.1, 0.15) is 11.5 Å². The molecular weight excluding hydrogens is 350 g/mol. The zero-order valence-corrected chi connectivity index (χ0v) is 16.3. The minimum atomic E-state index is -1.24. The van der Waals surface area contributed by atoms with E-state index in [1.807, 2.05) is 36.4 Å². The highest BCUT2D eigenvalue weighted by Gasteiger charge is 2.29. The van der Waals surface area contributed by atoms with Crippen LogP contribution < -0.4 is 15.2 Å². The van der Waals surface area contributed by atoms with Crippen molar-refractivity contribution >= 4 is 24.3 Å². The molecule has 0 fully saturated rings. The van der Waals surface area contributed by atoms with Crippen LogP contribution in [0.25, 0.3) is 0 Å². The van der Waals surface area contributed by atoms with Gasteiger partial charge < -0.3 is 20.3 Å². The Hall–Kier alpha value is -2.34. The number of anilines is 1. The number of nitrogen functional groups attached to an aromatic ring is 1. The third-order valence-electron chi connectivity index (χ3n) is 3.57. The fourth-order valence-corrected chi connectivity index (χ4v) is 2.09. The number of hydrogen-bond donors (Lipinski definition) is 3. The second-order valence-electron chi connectivity index (χ2n) is 6.08. The summed E-state index contributed by atoms with van der Waals surface area (Å²) in [5, 5.41) is 9.06. The van der Waals surface area contributed by atoms with Gasteiger partial charge in [0.05, 0.1) is 6.61 Å². The van der Waals surface area contributed by atoms with E-state index in [0.29, 0.717) is 12.4 Å². The summed E-state index contributed by atoms with van der Waals surface area (Å²) in [4.78, 5) is 11.1. The Kier molecular flexibility index (Phi) is 8.85. The van der Waals surface area contributed by atoms with E-state index in [9.17, 15) is 4.79 Å². The Bertz CT molecular complexity index is 669. The van der Waals surface area contributed by atoms with Crippen molar-refractivity contribution in [1.29, 1.82) is 0 Å². The molecule has 0 saturated carbocycles. The molecule has 142 valence electrons. The molecule has 0 unspecified atom stereocenters. The average Bonchev–Trinajstić information content (AvgIpc) is 2.63. The van der Waals surface area contributed by atoms with E-state index in [-0.39, 0.29) is 0 Å². The summed E-state index contributed by atoms with van der Waals surface area (Å²) in [6, 6.07) is 14.8. The molecule has 0 saturated heterocycles. The van der Waals surface area contributed by atoms with Crippen LogP contribution in [-0.2, 0) is 11.2 Å². The molecule has 0 radical (unpaired) electrons. The topological polar surface area (TPSA) is 81.8 Å². The number of ether oxygens (including phenoxy) is 2. The predicted octanol–water partition coefficient (Wildman–Crippen LogP) is 4.07. The van der Waals surface area contributed by atoms with E-state index in [1.165, 1.54) is 13.8 Å². The molecule has 0 aromatic heterocycles. The first-order valence-electron chi connectivity index (χ1n) is 8.31. The summed E-state index contributed by atoms with van der Waals surface area (Å²) in [5.41, 5.74) is 6.25. The largest absolute Gasteiger partial charge is 0.494 e. The fourth-order valence-electron chi connectivity index (χ4n) is 2.09. The number of benzene rings is 2. The maximum absolute atomic E-state index is 11.1. The van der Waals surface area contributed by atoms with Gasteiger partial charge in [-0.05, 0) is 74.9 Å². The second kappa shape index (κ2) is 10.6. The minimum absolute atomic E-state index is 0.546. The summed E-state index contributed by atoms with van der Waals surface area (Å²) in [5.74, 6) is 0.361. The molecule has 5 nitrogen and oxygen atoms in total. The normalized spacial score (nSPS) is 10.5. The Balaban J connectivity index is 0.00000163. The molecule has 0 aliphatic carbocycles. The summed E-state index contributed by atoms with van der Waals surface area (Å²) < 4.78 is 11.1. The molecule has 0 amide bonds. The zero-order valence-electron chi connectivity index (χ0n) is 15.4. The van der Waals surface area contributed by atoms with Crippen LogP contribution in [0.15, 0.2) is 48.5 Å². The number of aliphatic carboxylic acids is 1. The Morgan fingerprint density at radius 1 is 1.04 bits per heavy atom. The van der Waals surface area contributed by atoms with Gasteiger partial charge in [0.2, 0.25) is 0 Å². The van der Waals surface area contributed by atoms with E-state index in [1.54, 1.807) is 18.4 Å². The van der Waals surface area contributed by atoms with Crippen LogP contribution in [0.4, 0.5) is 5.69 Å². The lowest BCUT2D eigenvalue weighted by molar-refractivity contribution is -0.152. The maximum Gasteiger partial charge on any atom is 0.347 e. The van der Waals surface area contributed by atoms with Crippen molar-refractivity contribution in [3.8, 4) is 11.5 Å². The molecule has 0 aliphatic rings. The van der Waals surface area contributed by atoms with Gasteiger partial charge in [0, 0.05) is 5.69 Å². The lowest BCUT2D eigenvalue weighted by Gasteiger charge is -2.21. The van der Waals surface area contributed by atoms with Crippen LogP contribution >= 0.6 is 12.6 Å². The van der Waals surface area contributed by atoms with Crippen molar-refractivity contribution < 1.29 is 19.4 Å². The molecule has 6 heteroatoms. The average molecular weight is 378 g/mol. The van der Waals surface area contributed by atoms with Crippen molar-refractivity contribution in [2.75, 3.05) is 18.6 Å². The molecule has 0 spiro atoms.